The van der Waals surface area contributed by atoms with Gasteiger partial charge in [-0.05, 0) is 36.0 Å². The number of phenols is 1. The summed E-state index contributed by atoms with van der Waals surface area (Å²) in [4.78, 5) is 51.0. The lowest BCUT2D eigenvalue weighted by atomic mass is 9.97. The Hall–Kier alpha value is -5.74. The first-order valence-corrected chi connectivity index (χ1v) is 23.9. The molecule has 24 heteroatoms. The number of carbonyl (C=O) groups excluding carboxylic acids is 2. The number of rotatable bonds is 26. The highest BCUT2D eigenvalue weighted by atomic mass is 35.5. The Labute approximate surface area is 416 Å². The van der Waals surface area contributed by atoms with Crippen molar-refractivity contribution in [3.8, 4) is 18.1 Å². The minimum Gasteiger partial charge on any atom is -0.508 e. The Balaban J connectivity index is 0.00000913. The number of ether oxygens (including phenoxy) is 3. The molecule has 0 bridgehead atoms. The summed E-state index contributed by atoms with van der Waals surface area (Å²) in [7, 11) is 0. The molecule has 2 saturated heterocycles. The minimum absolute atomic E-state index is 0. The standard InChI is InChI=1S/C46H70N16O7.ClH/c1-6-21-67-23-25-69-26-24-68-22-12-49-44-50-45(52-46(51-44)60-19-15-58(16-20-60)43(66)41(33(5)7-2)62-30-39(54-56-62)37(48)31-63)59-17-13-57(14-18-59)42(65)40(28-34-8-10-35(64)11-9-34)61-29-38(53-55-61)36(47)27-32(3)4;/h1,8-11,29-30,32-33,36-37,40-41,63-64H,7,12-28,31,47-48H2,2-5H3,(H,49,50,51,52);1H. The maximum atomic E-state index is 14.5. The number of nitrogens with zero attached hydrogens (tertiary/aromatic N) is 13. The van der Waals surface area contributed by atoms with Crippen LogP contribution in [0.2, 0.25) is 0 Å². The molecule has 2 amide bonds. The molecule has 0 spiro atoms. The Morgan fingerprint density at radius 2 is 1.31 bits per heavy atom. The van der Waals surface area contributed by atoms with Crippen molar-refractivity contribution in [3.05, 3.63) is 53.6 Å². The zero-order chi connectivity index (χ0) is 49.3. The lowest BCUT2D eigenvalue weighted by Gasteiger charge is -2.38. The second-order valence-corrected chi connectivity index (χ2v) is 17.8. The maximum absolute atomic E-state index is 14.5. The van der Waals surface area contributed by atoms with Crippen LogP contribution in [-0.2, 0) is 30.2 Å². The zero-order valence-corrected chi connectivity index (χ0v) is 41.6. The molecule has 7 N–H and O–H groups in total. The highest BCUT2D eigenvalue weighted by Crippen LogP contribution is 2.27. The van der Waals surface area contributed by atoms with Crippen molar-refractivity contribution in [2.45, 2.75) is 71.1 Å². The van der Waals surface area contributed by atoms with Gasteiger partial charge < -0.3 is 60.8 Å². The quantitative estimate of drug-likeness (QED) is 0.0439. The van der Waals surface area contributed by atoms with Gasteiger partial charge in [0.1, 0.15) is 30.1 Å². The number of aliphatic hydroxyl groups excluding tert-OH is 1. The Kier molecular flexibility index (Phi) is 21.8. The number of carbonyl (C=O) groups is 2. The third-order valence-electron chi connectivity index (χ3n) is 12.2. The van der Waals surface area contributed by atoms with E-state index >= 15 is 0 Å². The number of nitrogens with one attached hydrogen (secondary N) is 1. The lowest BCUT2D eigenvalue weighted by Crippen LogP contribution is -2.52. The summed E-state index contributed by atoms with van der Waals surface area (Å²) in [5, 5.41) is 39.9. The Morgan fingerprint density at radius 3 is 1.89 bits per heavy atom. The molecule has 3 aromatic heterocycles. The number of halogens is 1. The molecule has 5 heterocycles. The van der Waals surface area contributed by atoms with Gasteiger partial charge in [0.2, 0.25) is 29.7 Å². The van der Waals surface area contributed by atoms with E-state index in [9.17, 15) is 19.8 Å². The van der Waals surface area contributed by atoms with Crippen molar-refractivity contribution in [1.82, 2.24) is 54.7 Å². The lowest BCUT2D eigenvalue weighted by molar-refractivity contribution is -0.137. The fraction of sp³-hybridized carbons (Fsp3) is 0.630. The fourth-order valence-electron chi connectivity index (χ4n) is 8.09. The number of aromatic nitrogens is 9. The molecule has 2 aliphatic heterocycles. The van der Waals surface area contributed by atoms with Gasteiger partial charge in [-0.3, -0.25) is 9.59 Å². The first-order valence-electron chi connectivity index (χ1n) is 23.9. The smallest absolute Gasteiger partial charge is 0.247 e. The monoisotopic (exact) mass is 995 g/mol. The molecule has 70 heavy (non-hydrogen) atoms. The summed E-state index contributed by atoms with van der Waals surface area (Å²) >= 11 is 0. The van der Waals surface area contributed by atoms with Gasteiger partial charge in [-0.15, -0.1) is 29.0 Å². The molecule has 5 unspecified atom stereocenters. The number of aliphatic hydroxyl groups is 1. The van der Waals surface area contributed by atoms with Crippen LogP contribution in [0.5, 0.6) is 5.75 Å². The molecule has 2 aliphatic rings. The third kappa shape index (κ3) is 15.4. The van der Waals surface area contributed by atoms with Gasteiger partial charge in [0.25, 0.3) is 0 Å². The van der Waals surface area contributed by atoms with E-state index in [-0.39, 0.29) is 55.1 Å². The topological polar surface area (TPSA) is 279 Å². The number of aromatic hydroxyl groups is 1. The number of phenolic OH excluding ortho intramolecular Hbond substituents is 1. The summed E-state index contributed by atoms with van der Waals surface area (Å²) < 4.78 is 19.7. The van der Waals surface area contributed by atoms with E-state index in [2.05, 4.69) is 45.7 Å². The molecule has 0 radical (unpaired) electrons. The summed E-state index contributed by atoms with van der Waals surface area (Å²) in [6.07, 6.45) is 10.4. The maximum Gasteiger partial charge on any atom is 0.247 e. The fourth-order valence-corrected chi connectivity index (χ4v) is 8.09. The van der Waals surface area contributed by atoms with E-state index in [0.717, 1.165) is 18.4 Å². The first-order chi connectivity index (χ1) is 33.4. The third-order valence-corrected chi connectivity index (χ3v) is 12.2. The summed E-state index contributed by atoms with van der Waals surface area (Å²) in [6.45, 7) is 14.1. The normalized spacial score (nSPS) is 16.3. The zero-order valence-electron chi connectivity index (χ0n) is 40.8. The van der Waals surface area contributed by atoms with E-state index in [1.165, 1.54) is 0 Å². The van der Waals surface area contributed by atoms with Crippen molar-refractivity contribution in [3.63, 3.8) is 0 Å². The van der Waals surface area contributed by atoms with Crippen molar-refractivity contribution in [1.29, 1.82) is 0 Å². The van der Waals surface area contributed by atoms with Crippen LogP contribution in [0.3, 0.4) is 0 Å². The van der Waals surface area contributed by atoms with Crippen LogP contribution in [0, 0.1) is 24.2 Å². The number of benzene rings is 1. The Bertz CT molecular complexity index is 2250. The van der Waals surface area contributed by atoms with Crippen molar-refractivity contribution in [2.75, 3.05) is 120 Å². The van der Waals surface area contributed by atoms with Crippen LogP contribution in [-0.4, -0.2) is 182 Å². The van der Waals surface area contributed by atoms with Gasteiger partial charge in [0.15, 0.2) is 0 Å². The Morgan fingerprint density at radius 1 is 0.771 bits per heavy atom. The van der Waals surface area contributed by atoms with Crippen LogP contribution in [0.25, 0.3) is 0 Å². The van der Waals surface area contributed by atoms with Crippen LogP contribution in [0.1, 0.15) is 81.7 Å². The molecule has 0 aliphatic carbocycles. The highest BCUT2D eigenvalue weighted by molar-refractivity contribution is 5.85. The van der Waals surface area contributed by atoms with Gasteiger partial charge in [-0.2, -0.15) is 15.0 Å². The van der Waals surface area contributed by atoms with Crippen molar-refractivity contribution >= 4 is 42.1 Å². The molecule has 4 aromatic rings. The van der Waals surface area contributed by atoms with E-state index in [1.807, 2.05) is 33.4 Å². The van der Waals surface area contributed by atoms with E-state index in [1.54, 1.807) is 46.0 Å². The molecule has 1 aromatic carbocycles. The average molecular weight is 996 g/mol. The number of terminal acetylenes is 1. The summed E-state index contributed by atoms with van der Waals surface area (Å²) in [5.74, 6) is 3.97. The highest BCUT2D eigenvalue weighted by Gasteiger charge is 2.35. The van der Waals surface area contributed by atoms with Gasteiger partial charge in [-0.1, -0.05) is 62.6 Å². The first kappa shape index (κ1) is 55.2. The molecule has 384 valence electrons. The molecule has 23 nitrogen and oxygen atoms in total. The molecular formula is C46H71ClN16O7. The van der Waals surface area contributed by atoms with Crippen molar-refractivity contribution < 1.29 is 34.0 Å². The van der Waals surface area contributed by atoms with Crippen LogP contribution in [0.4, 0.5) is 17.8 Å². The number of piperazine rings is 2. The van der Waals surface area contributed by atoms with Gasteiger partial charge in [0.05, 0.1) is 69.8 Å². The van der Waals surface area contributed by atoms with Crippen LogP contribution < -0.4 is 26.6 Å². The van der Waals surface area contributed by atoms with E-state index in [4.69, 9.17) is 47.1 Å². The van der Waals surface area contributed by atoms with Crippen molar-refractivity contribution in [2.24, 2.45) is 23.3 Å². The molecule has 6 rings (SSSR count). The SMILES string of the molecule is C#CCOCCOCCOCCNc1nc(N2CCN(C(=O)C(Cc3ccc(O)cc3)n3cc(C(N)CC(C)C)nn3)CC2)nc(N2CCN(C(=O)C(C(C)CC)n3cc(C(N)CO)nn3)CC2)n1.Cl. The minimum atomic E-state index is -0.695. The number of hydrogen-bond acceptors (Lipinski definition) is 19. The van der Waals surface area contributed by atoms with E-state index < -0.39 is 18.1 Å². The summed E-state index contributed by atoms with van der Waals surface area (Å²) in [6, 6.07) is 4.52. The average Bonchev–Trinajstić information content (AvgIpc) is 4.06. The second kappa shape index (κ2) is 27.6. The number of anilines is 3. The van der Waals surface area contributed by atoms with Gasteiger partial charge in [-0.25, -0.2) is 9.36 Å². The largest absolute Gasteiger partial charge is 0.508 e. The van der Waals surface area contributed by atoms with Gasteiger partial charge in [0, 0.05) is 65.3 Å². The molecule has 5 atom stereocenters. The molecule has 0 saturated carbocycles. The predicted molar refractivity (Wildman–Crippen MR) is 264 cm³/mol. The predicted octanol–water partition coefficient (Wildman–Crippen LogP) is 1.38. The van der Waals surface area contributed by atoms with E-state index in [0.29, 0.717) is 134 Å². The van der Waals surface area contributed by atoms with Gasteiger partial charge >= 0.3 is 0 Å². The van der Waals surface area contributed by atoms with Crippen LogP contribution in [0.15, 0.2) is 36.7 Å². The van der Waals surface area contributed by atoms with Crippen LogP contribution >= 0.6 is 12.4 Å². The summed E-state index contributed by atoms with van der Waals surface area (Å²) in [5.41, 5.74) is 14.4. The number of hydrogen-bond donors (Lipinski definition) is 5. The molecular weight excluding hydrogens is 924 g/mol. The number of nitrogens with two attached hydrogens (primary N) is 2. The molecule has 2 fully saturated rings. The number of amides is 2. The second-order valence-electron chi connectivity index (χ2n) is 17.8.